The highest BCUT2D eigenvalue weighted by molar-refractivity contribution is 5.09. The molecular weight excluding hydrogens is 131 g/mol. The lowest BCUT2D eigenvalue weighted by molar-refractivity contribution is -0.137. The summed E-state index contributed by atoms with van der Waals surface area (Å²) in [6.45, 7) is 0. The molecule has 0 saturated carbocycles. The van der Waals surface area contributed by atoms with E-state index in [2.05, 4.69) is 4.98 Å². The number of nitrogens with one attached hydrogen (secondary N) is 1. The first-order valence-electron chi connectivity index (χ1n) is 2.22. The first-order valence-corrected chi connectivity index (χ1v) is 2.22. The highest BCUT2D eigenvalue weighted by Gasteiger charge is 2.30. The van der Waals surface area contributed by atoms with E-state index in [0.29, 0.717) is 0 Å². The van der Waals surface area contributed by atoms with E-state index in [4.69, 9.17) is 0 Å². The lowest BCUT2D eigenvalue weighted by Gasteiger charge is -1.99. The molecule has 9 heavy (non-hydrogen) atoms. The van der Waals surface area contributed by atoms with Gasteiger partial charge in [-0.3, -0.25) is 0 Å². The molecule has 0 saturated heterocycles. The van der Waals surface area contributed by atoms with Crippen LogP contribution in [-0.2, 0) is 6.18 Å². The molecule has 0 aliphatic heterocycles. The van der Waals surface area contributed by atoms with Crippen molar-refractivity contribution >= 4 is 0 Å². The Morgan fingerprint density at radius 1 is 1.44 bits per heavy atom. The second-order valence-corrected chi connectivity index (χ2v) is 1.51. The molecule has 0 aromatic carbocycles. The Bertz CT molecular complexity index is 175. The van der Waals surface area contributed by atoms with E-state index in [-0.39, 0.29) is 0 Å². The molecule has 0 spiro atoms. The first kappa shape index (κ1) is 6.19. The Hall–Kier alpha value is -0.930. The van der Waals surface area contributed by atoms with Crippen molar-refractivity contribution in [1.82, 2.24) is 4.98 Å². The van der Waals surface area contributed by atoms with Crippen LogP contribution in [0.1, 0.15) is 5.56 Å². The van der Waals surface area contributed by atoms with Crippen LogP contribution in [0.3, 0.4) is 0 Å². The largest absolute Gasteiger partial charge is 0.418 e. The second kappa shape index (κ2) is 1.79. The third-order valence-corrected chi connectivity index (χ3v) is 0.844. The Balaban J connectivity index is 2.90. The van der Waals surface area contributed by atoms with Crippen molar-refractivity contribution in [1.29, 1.82) is 0 Å². The van der Waals surface area contributed by atoms with Crippen molar-refractivity contribution in [3.63, 3.8) is 0 Å². The summed E-state index contributed by atoms with van der Waals surface area (Å²) >= 11 is 0. The zero-order valence-corrected chi connectivity index (χ0v) is 4.29. The molecule has 1 aromatic rings. The summed E-state index contributed by atoms with van der Waals surface area (Å²) in [5.74, 6) is 0. The summed E-state index contributed by atoms with van der Waals surface area (Å²) in [5.41, 5.74) is -0.762. The molecule has 4 heteroatoms. The standard InChI is InChI=1S/C5H3F3N/c6-5(7,8)4-1-2-9-3-4/h2-3,9H. The third kappa shape index (κ3) is 1.25. The maximum atomic E-state index is 11.6. The van der Waals surface area contributed by atoms with Gasteiger partial charge in [0, 0.05) is 18.5 Å². The summed E-state index contributed by atoms with van der Waals surface area (Å²) in [6, 6.07) is 2.00. The summed E-state index contributed by atoms with van der Waals surface area (Å²) in [4.78, 5) is 2.26. The lowest BCUT2D eigenvalue weighted by atomic mass is 10.3. The molecule has 0 aliphatic rings. The number of aromatic nitrogens is 1. The van der Waals surface area contributed by atoms with Gasteiger partial charge in [0.1, 0.15) is 0 Å². The van der Waals surface area contributed by atoms with Gasteiger partial charge in [-0.25, -0.2) is 0 Å². The Labute approximate surface area is 49.5 Å². The highest BCUT2D eigenvalue weighted by Crippen LogP contribution is 2.27. The second-order valence-electron chi connectivity index (χ2n) is 1.51. The minimum Gasteiger partial charge on any atom is -0.366 e. The van der Waals surface area contributed by atoms with Crippen molar-refractivity contribution in [3.05, 3.63) is 24.0 Å². The minimum absolute atomic E-state index is 0.762. The molecule has 0 amide bonds. The normalized spacial score (nSPS) is 11.9. The average Bonchev–Trinajstić information content (AvgIpc) is 2.08. The fourth-order valence-corrected chi connectivity index (χ4v) is 0.450. The topological polar surface area (TPSA) is 15.8 Å². The molecule has 0 unspecified atom stereocenters. The lowest BCUT2D eigenvalue weighted by Crippen LogP contribution is -2.02. The van der Waals surface area contributed by atoms with E-state index < -0.39 is 11.7 Å². The van der Waals surface area contributed by atoms with Gasteiger partial charge in [-0.1, -0.05) is 0 Å². The number of hydrogen-bond acceptors (Lipinski definition) is 0. The van der Waals surface area contributed by atoms with Gasteiger partial charge >= 0.3 is 6.18 Å². The van der Waals surface area contributed by atoms with Crippen LogP contribution in [0, 0.1) is 6.07 Å². The molecule has 0 atom stereocenters. The average molecular weight is 134 g/mol. The van der Waals surface area contributed by atoms with E-state index in [1.807, 2.05) is 6.07 Å². The van der Waals surface area contributed by atoms with Crippen molar-refractivity contribution in [2.45, 2.75) is 6.18 Å². The van der Waals surface area contributed by atoms with Gasteiger partial charge < -0.3 is 4.98 Å². The van der Waals surface area contributed by atoms with E-state index in [1.54, 1.807) is 0 Å². The van der Waals surface area contributed by atoms with E-state index in [0.717, 1.165) is 12.4 Å². The van der Waals surface area contributed by atoms with Gasteiger partial charge in [-0.2, -0.15) is 13.2 Å². The van der Waals surface area contributed by atoms with Crippen molar-refractivity contribution < 1.29 is 13.2 Å². The monoisotopic (exact) mass is 134 g/mol. The molecule has 1 nitrogen and oxygen atoms in total. The number of halogens is 3. The number of aromatic amines is 1. The number of rotatable bonds is 0. The fourth-order valence-electron chi connectivity index (χ4n) is 0.450. The third-order valence-electron chi connectivity index (χ3n) is 0.844. The van der Waals surface area contributed by atoms with Crippen LogP contribution in [0.15, 0.2) is 12.4 Å². The highest BCUT2D eigenvalue weighted by atomic mass is 19.4. The molecule has 1 N–H and O–H groups in total. The maximum Gasteiger partial charge on any atom is 0.418 e. The maximum absolute atomic E-state index is 11.6. The van der Waals surface area contributed by atoms with Gasteiger partial charge in [0.05, 0.1) is 5.56 Å². The SMILES string of the molecule is FC(F)(F)c1[c]c[nH]c1. The zero-order valence-electron chi connectivity index (χ0n) is 4.29. The van der Waals surface area contributed by atoms with Gasteiger partial charge in [0.15, 0.2) is 0 Å². The molecule has 0 bridgehead atoms. The number of hydrogen-bond donors (Lipinski definition) is 1. The van der Waals surface area contributed by atoms with Crippen LogP contribution in [0.4, 0.5) is 13.2 Å². The van der Waals surface area contributed by atoms with Crippen LogP contribution in [0.5, 0.6) is 0 Å². The smallest absolute Gasteiger partial charge is 0.366 e. The van der Waals surface area contributed by atoms with E-state index in [9.17, 15) is 13.2 Å². The molecule has 49 valence electrons. The summed E-state index contributed by atoms with van der Waals surface area (Å²) < 4.78 is 34.7. The molecular formula is C5H3F3N. The first-order chi connectivity index (χ1) is 4.11. The fraction of sp³-hybridized carbons (Fsp3) is 0.200. The molecule has 0 fully saturated rings. The zero-order chi connectivity index (χ0) is 6.91. The van der Waals surface area contributed by atoms with Crippen molar-refractivity contribution in [2.24, 2.45) is 0 Å². The van der Waals surface area contributed by atoms with Gasteiger partial charge in [-0.15, -0.1) is 0 Å². The molecule has 0 aliphatic carbocycles. The Morgan fingerprint density at radius 3 is 2.33 bits per heavy atom. The predicted molar refractivity (Wildman–Crippen MR) is 24.6 cm³/mol. The minimum atomic E-state index is -4.26. The van der Waals surface area contributed by atoms with Gasteiger partial charge in [0.25, 0.3) is 0 Å². The Morgan fingerprint density at radius 2 is 2.11 bits per heavy atom. The van der Waals surface area contributed by atoms with Gasteiger partial charge in [0.2, 0.25) is 0 Å². The molecule has 1 heterocycles. The summed E-state index contributed by atoms with van der Waals surface area (Å²) in [7, 11) is 0. The van der Waals surface area contributed by atoms with Gasteiger partial charge in [-0.05, 0) is 0 Å². The van der Waals surface area contributed by atoms with Crippen LogP contribution < -0.4 is 0 Å². The van der Waals surface area contributed by atoms with Crippen LogP contribution in [0.2, 0.25) is 0 Å². The summed E-state index contributed by atoms with van der Waals surface area (Å²) in [6.07, 6.45) is -2.29. The van der Waals surface area contributed by atoms with E-state index in [1.165, 1.54) is 0 Å². The van der Waals surface area contributed by atoms with E-state index >= 15 is 0 Å². The van der Waals surface area contributed by atoms with Crippen molar-refractivity contribution in [2.75, 3.05) is 0 Å². The number of alkyl halides is 3. The summed E-state index contributed by atoms with van der Waals surface area (Å²) in [5, 5.41) is 0. The van der Waals surface area contributed by atoms with Crippen LogP contribution in [-0.4, -0.2) is 4.98 Å². The molecule has 1 radical (unpaired) electrons. The Kier molecular flexibility index (Phi) is 1.23. The van der Waals surface area contributed by atoms with Crippen LogP contribution in [0.25, 0.3) is 0 Å². The number of H-pyrrole nitrogens is 1. The molecule has 1 rings (SSSR count). The molecule has 1 aromatic heterocycles. The van der Waals surface area contributed by atoms with Crippen LogP contribution >= 0.6 is 0 Å². The predicted octanol–water partition coefficient (Wildman–Crippen LogP) is 1.83. The van der Waals surface area contributed by atoms with Crippen molar-refractivity contribution in [3.8, 4) is 0 Å². The quantitative estimate of drug-likeness (QED) is 0.557.